The Kier molecular flexibility index (Phi) is 5.75. The van der Waals surface area contributed by atoms with Crippen molar-refractivity contribution in [3.05, 3.63) is 58.1 Å². The number of thiophene rings is 1. The molecule has 3 aromatic rings. The number of likely N-dealkylation sites (N-methyl/N-ethyl adjacent to an activating group) is 1. The lowest BCUT2D eigenvalue weighted by molar-refractivity contribution is 0.313. The molecule has 0 spiro atoms. The van der Waals surface area contributed by atoms with Crippen LogP contribution in [0.4, 0.5) is 5.69 Å². The van der Waals surface area contributed by atoms with Crippen LogP contribution >= 0.6 is 35.3 Å². The van der Waals surface area contributed by atoms with E-state index in [1.54, 1.807) is 6.07 Å². The maximum atomic E-state index is 13.0. The van der Waals surface area contributed by atoms with Crippen molar-refractivity contribution in [1.82, 2.24) is 4.90 Å². The molecule has 0 unspecified atom stereocenters. The lowest BCUT2D eigenvalue weighted by atomic mass is 10.00. The monoisotopic (exact) mass is 442 g/mol. The van der Waals surface area contributed by atoms with Gasteiger partial charge in [0.1, 0.15) is 4.21 Å². The Balaban J connectivity index is 0.00000210. The quantitative estimate of drug-likeness (QED) is 0.615. The Morgan fingerprint density at radius 3 is 2.70 bits per heavy atom. The molecule has 0 amide bonds. The number of hydrogen-bond acceptors (Lipinski definition) is 4. The van der Waals surface area contributed by atoms with Gasteiger partial charge in [0.2, 0.25) is 0 Å². The summed E-state index contributed by atoms with van der Waals surface area (Å²) in [7, 11) is -1.55. The van der Waals surface area contributed by atoms with Crippen LogP contribution in [0.1, 0.15) is 16.7 Å². The van der Waals surface area contributed by atoms with Gasteiger partial charge in [0.15, 0.2) is 0 Å². The number of fused-ring (bicyclic) bond motifs is 2. The van der Waals surface area contributed by atoms with Gasteiger partial charge in [0, 0.05) is 28.5 Å². The standard InChI is InChI=1S/C19H19ClN2O2S2.ClH/c1-12-17-10-15(20)4-6-18(17)25-19(12)26(23,24)21-16-5-3-14-11-22(2)8-7-13(14)9-16;/h3-6,9-10,21H,7-8,11H2,1-2H3;1H. The van der Waals surface area contributed by atoms with Crippen LogP contribution in [0.3, 0.4) is 0 Å². The van der Waals surface area contributed by atoms with Gasteiger partial charge in [-0.2, -0.15) is 0 Å². The summed E-state index contributed by atoms with van der Waals surface area (Å²) < 4.78 is 29.9. The molecule has 8 heteroatoms. The summed E-state index contributed by atoms with van der Waals surface area (Å²) >= 11 is 7.33. The van der Waals surface area contributed by atoms with Gasteiger partial charge >= 0.3 is 0 Å². The van der Waals surface area contributed by atoms with Gasteiger partial charge in [-0.15, -0.1) is 23.7 Å². The fraction of sp³-hybridized carbons (Fsp3) is 0.263. The number of nitrogens with zero attached hydrogens (tertiary/aromatic N) is 1. The molecule has 0 bridgehead atoms. The summed E-state index contributed by atoms with van der Waals surface area (Å²) in [6.45, 7) is 3.71. The maximum Gasteiger partial charge on any atom is 0.271 e. The summed E-state index contributed by atoms with van der Waals surface area (Å²) in [5.74, 6) is 0. The largest absolute Gasteiger partial charge is 0.302 e. The zero-order valence-electron chi connectivity index (χ0n) is 15.0. The number of rotatable bonds is 3. The summed E-state index contributed by atoms with van der Waals surface area (Å²) in [5, 5.41) is 1.49. The summed E-state index contributed by atoms with van der Waals surface area (Å²) in [6.07, 6.45) is 0.932. The minimum Gasteiger partial charge on any atom is -0.302 e. The molecule has 4 rings (SSSR count). The molecule has 27 heavy (non-hydrogen) atoms. The summed E-state index contributed by atoms with van der Waals surface area (Å²) in [5.41, 5.74) is 3.82. The number of nitrogens with one attached hydrogen (secondary N) is 1. The molecule has 0 fully saturated rings. The Bertz CT molecular complexity index is 1110. The lowest BCUT2D eigenvalue weighted by Crippen LogP contribution is -2.26. The highest BCUT2D eigenvalue weighted by Crippen LogP contribution is 2.36. The van der Waals surface area contributed by atoms with E-state index in [2.05, 4.69) is 16.7 Å². The number of anilines is 1. The van der Waals surface area contributed by atoms with Gasteiger partial charge in [-0.05, 0) is 72.8 Å². The first-order chi connectivity index (χ1) is 12.3. The van der Waals surface area contributed by atoms with Crippen molar-refractivity contribution in [2.75, 3.05) is 18.3 Å². The van der Waals surface area contributed by atoms with Gasteiger partial charge in [-0.1, -0.05) is 17.7 Å². The number of benzene rings is 2. The van der Waals surface area contributed by atoms with Crippen LogP contribution in [-0.2, 0) is 23.0 Å². The van der Waals surface area contributed by atoms with Gasteiger partial charge < -0.3 is 4.90 Å². The van der Waals surface area contributed by atoms with E-state index in [0.717, 1.165) is 35.2 Å². The van der Waals surface area contributed by atoms with E-state index in [-0.39, 0.29) is 12.4 Å². The van der Waals surface area contributed by atoms with Crippen molar-refractivity contribution in [3.63, 3.8) is 0 Å². The molecular formula is C19H20Cl2N2O2S2. The van der Waals surface area contributed by atoms with Gasteiger partial charge in [0.25, 0.3) is 10.0 Å². The van der Waals surface area contributed by atoms with E-state index in [1.165, 1.54) is 22.5 Å². The third-order valence-corrected chi connectivity index (χ3v) is 8.27. The Morgan fingerprint density at radius 2 is 1.93 bits per heavy atom. The fourth-order valence-electron chi connectivity index (χ4n) is 3.39. The molecule has 1 aliphatic heterocycles. The van der Waals surface area contributed by atoms with Crippen LogP contribution in [0.25, 0.3) is 10.1 Å². The van der Waals surface area contributed by atoms with E-state index in [9.17, 15) is 8.42 Å². The van der Waals surface area contributed by atoms with E-state index in [4.69, 9.17) is 11.6 Å². The van der Waals surface area contributed by atoms with Crippen molar-refractivity contribution in [1.29, 1.82) is 0 Å². The minimum absolute atomic E-state index is 0. The summed E-state index contributed by atoms with van der Waals surface area (Å²) in [4.78, 5) is 2.26. The third kappa shape index (κ3) is 3.96. The molecule has 1 aliphatic rings. The van der Waals surface area contributed by atoms with Crippen LogP contribution in [0.15, 0.2) is 40.6 Å². The highest BCUT2D eigenvalue weighted by molar-refractivity contribution is 7.94. The van der Waals surface area contributed by atoms with Crippen molar-refractivity contribution in [2.24, 2.45) is 0 Å². The Labute approximate surface area is 174 Å². The van der Waals surface area contributed by atoms with Gasteiger partial charge in [-0.25, -0.2) is 8.42 Å². The van der Waals surface area contributed by atoms with Crippen LogP contribution in [-0.4, -0.2) is 26.9 Å². The first-order valence-corrected chi connectivity index (χ1v) is 11.0. The highest BCUT2D eigenvalue weighted by Gasteiger charge is 2.23. The van der Waals surface area contributed by atoms with Crippen molar-refractivity contribution in [3.8, 4) is 0 Å². The number of aryl methyl sites for hydroxylation is 1. The Hall–Kier alpha value is -1.31. The van der Waals surface area contributed by atoms with Crippen LogP contribution in [0.5, 0.6) is 0 Å². The lowest BCUT2D eigenvalue weighted by Gasteiger charge is -2.25. The summed E-state index contributed by atoms with van der Waals surface area (Å²) in [6, 6.07) is 11.3. The number of hydrogen-bond donors (Lipinski definition) is 1. The van der Waals surface area contributed by atoms with Crippen molar-refractivity contribution in [2.45, 2.75) is 24.1 Å². The maximum absolute atomic E-state index is 13.0. The second-order valence-electron chi connectivity index (χ2n) is 6.73. The molecular weight excluding hydrogens is 423 g/mol. The van der Waals surface area contributed by atoms with Crippen molar-refractivity contribution >= 4 is 61.1 Å². The normalized spacial score (nSPS) is 14.6. The molecule has 0 saturated carbocycles. The van der Waals surface area contributed by atoms with E-state index < -0.39 is 10.0 Å². The van der Waals surface area contributed by atoms with Crippen LogP contribution in [0.2, 0.25) is 5.02 Å². The molecule has 0 atom stereocenters. The third-order valence-electron chi connectivity index (χ3n) is 4.76. The zero-order chi connectivity index (χ0) is 18.5. The average molecular weight is 443 g/mol. The molecule has 0 aliphatic carbocycles. The minimum atomic E-state index is -3.64. The molecule has 144 valence electrons. The van der Waals surface area contributed by atoms with Gasteiger partial charge in [-0.3, -0.25) is 4.72 Å². The Morgan fingerprint density at radius 1 is 1.15 bits per heavy atom. The topological polar surface area (TPSA) is 49.4 Å². The molecule has 0 radical (unpaired) electrons. The van der Waals surface area contributed by atoms with E-state index in [0.29, 0.717) is 14.9 Å². The van der Waals surface area contributed by atoms with Crippen molar-refractivity contribution < 1.29 is 8.42 Å². The van der Waals surface area contributed by atoms with E-state index in [1.807, 2.05) is 37.3 Å². The van der Waals surface area contributed by atoms with E-state index >= 15 is 0 Å². The predicted octanol–water partition coefficient (Wildman–Crippen LogP) is 5.07. The molecule has 2 heterocycles. The van der Waals surface area contributed by atoms with Crippen LogP contribution < -0.4 is 4.72 Å². The fourth-order valence-corrected chi connectivity index (χ4v) is 6.36. The predicted molar refractivity (Wildman–Crippen MR) is 116 cm³/mol. The molecule has 0 saturated heterocycles. The highest BCUT2D eigenvalue weighted by atomic mass is 35.5. The smallest absolute Gasteiger partial charge is 0.271 e. The average Bonchev–Trinajstić information content (AvgIpc) is 2.92. The second kappa shape index (κ2) is 7.60. The molecule has 4 nitrogen and oxygen atoms in total. The van der Waals surface area contributed by atoms with Crippen LogP contribution in [0, 0.1) is 6.92 Å². The molecule has 1 N–H and O–H groups in total. The van der Waals surface area contributed by atoms with Gasteiger partial charge in [0.05, 0.1) is 0 Å². The molecule has 1 aromatic heterocycles. The second-order valence-corrected chi connectivity index (χ2v) is 10.1. The number of halogens is 2. The molecule has 2 aromatic carbocycles. The number of sulfonamides is 1. The SMILES string of the molecule is Cc1c(S(=O)(=O)Nc2ccc3c(c2)CCN(C)C3)sc2ccc(Cl)cc12.Cl. The first-order valence-electron chi connectivity index (χ1n) is 8.35. The zero-order valence-corrected chi connectivity index (χ0v) is 18.2. The first kappa shape index (κ1) is 20.4.